The summed E-state index contributed by atoms with van der Waals surface area (Å²) < 4.78 is 0. The number of anilines is 1. The molecule has 0 aromatic heterocycles. The van der Waals surface area contributed by atoms with Gasteiger partial charge in [0.2, 0.25) is 0 Å². The van der Waals surface area contributed by atoms with E-state index >= 15 is 0 Å². The van der Waals surface area contributed by atoms with Crippen LogP contribution in [0.25, 0.3) is 0 Å². The number of urea groups is 1. The molecule has 1 aromatic carbocycles. The Bertz CT molecular complexity index is 665. The molecule has 1 N–H and O–H groups in total. The van der Waals surface area contributed by atoms with Crippen molar-refractivity contribution < 1.29 is 4.79 Å². The zero-order valence-corrected chi connectivity index (χ0v) is 19.7. The molecule has 1 heterocycles. The molecule has 8 heteroatoms. The Labute approximate surface area is 191 Å². The molecule has 0 spiro atoms. The van der Waals surface area contributed by atoms with E-state index in [1.54, 1.807) is 19.0 Å². The first-order valence-corrected chi connectivity index (χ1v) is 11.1. The van der Waals surface area contributed by atoms with Crippen LogP contribution in [0.2, 0.25) is 10.0 Å². The molecule has 0 bridgehead atoms. The fraction of sp³-hybridized carbons (Fsp3) is 0.667. The molecule has 1 aromatic rings. The fourth-order valence-electron chi connectivity index (χ4n) is 4.30. The molecule has 0 radical (unpaired) electrons. The number of carbonyl (C=O) groups excluding carboxylic acids is 1. The van der Waals surface area contributed by atoms with Crippen LogP contribution in [0.4, 0.5) is 10.5 Å². The summed E-state index contributed by atoms with van der Waals surface area (Å²) in [5.74, 6) is 0.710. The summed E-state index contributed by atoms with van der Waals surface area (Å²) in [6, 6.07) is 6.21. The van der Waals surface area contributed by atoms with Crippen molar-refractivity contribution in [1.82, 2.24) is 15.1 Å². The summed E-state index contributed by atoms with van der Waals surface area (Å²) in [5.41, 5.74) is 1.04. The van der Waals surface area contributed by atoms with Crippen molar-refractivity contribution in [2.75, 3.05) is 51.7 Å². The van der Waals surface area contributed by atoms with Crippen molar-refractivity contribution in [1.29, 1.82) is 0 Å². The monoisotopic (exact) mass is 462 g/mol. The van der Waals surface area contributed by atoms with Gasteiger partial charge in [-0.3, -0.25) is 4.90 Å². The third kappa shape index (κ3) is 6.81. The van der Waals surface area contributed by atoms with Gasteiger partial charge >= 0.3 is 6.03 Å². The van der Waals surface area contributed by atoms with Gasteiger partial charge in [-0.05, 0) is 43.9 Å². The van der Waals surface area contributed by atoms with Gasteiger partial charge in [0, 0.05) is 46.3 Å². The topological polar surface area (TPSA) is 38.8 Å². The van der Waals surface area contributed by atoms with E-state index in [9.17, 15) is 4.79 Å². The lowest BCUT2D eigenvalue weighted by Gasteiger charge is -2.38. The number of rotatable bonds is 5. The molecule has 1 aliphatic carbocycles. The number of hydrogen-bond donors (Lipinski definition) is 1. The summed E-state index contributed by atoms with van der Waals surface area (Å²) >= 11 is 12.5. The second-order valence-electron chi connectivity index (χ2n) is 8.26. The summed E-state index contributed by atoms with van der Waals surface area (Å²) in [4.78, 5) is 18.4. The van der Waals surface area contributed by atoms with Gasteiger partial charge in [0.05, 0.1) is 15.7 Å². The van der Waals surface area contributed by atoms with Gasteiger partial charge in [0.25, 0.3) is 0 Å². The Kier molecular flexibility index (Phi) is 9.67. The number of nitrogens with one attached hydrogen (secondary N) is 1. The summed E-state index contributed by atoms with van der Waals surface area (Å²) in [6.07, 6.45) is 5.93. The lowest BCUT2D eigenvalue weighted by molar-refractivity contribution is 0.191. The molecular weight excluding hydrogens is 431 g/mol. The Morgan fingerprint density at radius 3 is 2.59 bits per heavy atom. The Balaban J connectivity index is 0.00000300. The van der Waals surface area contributed by atoms with E-state index in [0.717, 1.165) is 51.3 Å². The van der Waals surface area contributed by atoms with Crippen molar-refractivity contribution in [3.8, 4) is 0 Å². The smallest absolute Gasteiger partial charge is 0.317 e. The molecule has 5 nitrogen and oxygen atoms in total. The van der Waals surface area contributed by atoms with Crippen LogP contribution in [0.15, 0.2) is 18.2 Å². The molecule has 2 atom stereocenters. The van der Waals surface area contributed by atoms with Gasteiger partial charge < -0.3 is 15.1 Å². The van der Waals surface area contributed by atoms with Crippen LogP contribution in [-0.2, 0) is 0 Å². The largest absolute Gasteiger partial charge is 0.368 e. The van der Waals surface area contributed by atoms with Gasteiger partial charge in [-0.2, -0.15) is 0 Å². The standard InChI is InChI=1S/C21H32Cl2N4O.ClH/c1-25(2)21(28)24-17-6-3-5-16(15-17)9-10-26-11-13-27(14-12-26)19-8-4-7-18(22)20(19)23;/h4,7-8,16-17H,3,5-6,9-15H2,1-2H3,(H,24,28);1H. The van der Waals surface area contributed by atoms with E-state index in [-0.39, 0.29) is 18.4 Å². The Hall–Kier alpha value is -0.880. The third-order valence-corrected chi connectivity index (χ3v) is 6.82. The predicted molar refractivity (Wildman–Crippen MR) is 125 cm³/mol. The molecule has 1 saturated carbocycles. The minimum Gasteiger partial charge on any atom is -0.368 e. The van der Waals surface area contributed by atoms with Crippen LogP contribution in [0, 0.1) is 5.92 Å². The first kappa shape index (κ1) is 24.4. The third-order valence-electron chi connectivity index (χ3n) is 6.01. The minimum absolute atomic E-state index is 0. The summed E-state index contributed by atoms with van der Waals surface area (Å²) in [5, 5.41) is 4.44. The maximum Gasteiger partial charge on any atom is 0.317 e. The number of piperazine rings is 1. The normalized spacial score (nSPS) is 22.7. The molecule has 29 heavy (non-hydrogen) atoms. The second-order valence-corrected chi connectivity index (χ2v) is 9.05. The minimum atomic E-state index is 0. The van der Waals surface area contributed by atoms with Crippen LogP contribution >= 0.6 is 35.6 Å². The van der Waals surface area contributed by atoms with E-state index in [0.29, 0.717) is 22.0 Å². The van der Waals surface area contributed by atoms with E-state index in [2.05, 4.69) is 15.1 Å². The highest BCUT2D eigenvalue weighted by Gasteiger charge is 2.25. The highest BCUT2D eigenvalue weighted by atomic mass is 35.5. The number of benzene rings is 1. The van der Waals surface area contributed by atoms with Crippen LogP contribution in [0.5, 0.6) is 0 Å². The van der Waals surface area contributed by atoms with Gasteiger partial charge in [-0.1, -0.05) is 42.1 Å². The van der Waals surface area contributed by atoms with Crippen molar-refractivity contribution >= 4 is 47.3 Å². The molecule has 3 rings (SSSR count). The number of carbonyl (C=O) groups is 1. The molecule has 2 unspecified atom stereocenters. The highest BCUT2D eigenvalue weighted by molar-refractivity contribution is 6.43. The van der Waals surface area contributed by atoms with Crippen LogP contribution in [0.1, 0.15) is 32.1 Å². The summed E-state index contributed by atoms with van der Waals surface area (Å²) in [6.45, 7) is 5.20. The molecule has 2 fully saturated rings. The lowest BCUT2D eigenvalue weighted by atomic mass is 9.83. The van der Waals surface area contributed by atoms with Crippen LogP contribution in [-0.4, -0.2) is 68.7 Å². The molecule has 2 amide bonds. The van der Waals surface area contributed by atoms with Crippen molar-refractivity contribution in [3.05, 3.63) is 28.2 Å². The number of amides is 2. The van der Waals surface area contributed by atoms with Gasteiger partial charge in [-0.15, -0.1) is 12.4 Å². The van der Waals surface area contributed by atoms with E-state index < -0.39 is 0 Å². The van der Waals surface area contributed by atoms with Crippen molar-refractivity contribution in [2.24, 2.45) is 5.92 Å². The molecule has 1 saturated heterocycles. The van der Waals surface area contributed by atoms with E-state index in [1.807, 2.05) is 18.2 Å². The average molecular weight is 464 g/mol. The van der Waals surface area contributed by atoms with Gasteiger partial charge in [-0.25, -0.2) is 4.79 Å². The maximum atomic E-state index is 11.9. The molecule has 1 aliphatic heterocycles. The Morgan fingerprint density at radius 1 is 1.17 bits per heavy atom. The zero-order valence-electron chi connectivity index (χ0n) is 17.4. The van der Waals surface area contributed by atoms with Gasteiger partial charge in [0.1, 0.15) is 0 Å². The zero-order chi connectivity index (χ0) is 20.1. The van der Waals surface area contributed by atoms with Crippen molar-refractivity contribution in [3.63, 3.8) is 0 Å². The Morgan fingerprint density at radius 2 is 1.90 bits per heavy atom. The molecular formula is C21H33Cl3N4O. The van der Waals surface area contributed by atoms with Crippen LogP contribution in [0.3, 0.4) is 0 Å². The fourth-order valence-corrected chi connectivity index (χ4v) is 4.72. The summed E-state index contributed by atoms with van der Waals surface area (Å²) in [7, 11) is 3.59. The number of hydrogen-bond acceptors (Lipinski definition) is 3. The highest BCUT2D eigenvalue weighted by Crippen LogP contribution is 2.33. The lowest BCUT2D eigenvalue weighted by Crippen LogP contribution is -2.47. The first-order valence-electron chi connectivity index (χ1n) is 10.3. The van der Waals surface area contributed by atoms with Crippen molar-refractivity contribution in [2.45, 2.75) is 38.1 Å². The number of nitrogens with zero attached hydrogens (tertiary/aromatic N) is 3. The van der Waals surface area contributed by atoms with E-state index in [1.165, 1.54) is 19.3 Å². The second kappa shape index (κ2) is 11.5. The predicted octanol–water partition coefficient (Wildman–Crippen LogP) is 4.76. The average Bonchev–Trinajstić information content (AvgIpc) is 2.69. The SMILES string of the molecule is CN(C)C(=O)NC1CCCC(CCN2CCN(c3cccc(Cl)c3Cl)CC2)C1.Cl. The maximum absolute atomic E-state index is 11.9. The van der Waals surface area contributed by atoms with E-state index in [4.69, 9.17) is 23.2 Å². The number of halogens is 3. The molecule has 164 valence electrons. The van der Waals surface area contributed by atoms with Gasteiger partial charge in [0.15, 0.2) is 0 Å². The quantitative estimate of drug-likeness (QED) is 0.684. The first-order chi connectivity index (χ1) is 13.4. The molecule has 2 aliphatic rings. The van der Waals surface area contributed by atoms with Crippen LogP contribution < -0.4 is 10.2 Å².